The Morgan fingerprint density at radius 2 is 2.10 bits per heavy atom. The molecule has 1 fully saturated rings. The third-order valence-corrected chi connectivity index (χ3v) is 4.16. The van der Waals surface area contributed by atoms with Gasteiger partial charge in [-0.3, -0.25) is 9.48 Å². The third-order valence-electron chi connectivity index (χ3n) is 4.16. The van der Waals surface area contributed by atoms with E-state index < -0.39 is 5.97 Å². The lowest BCUT2D eigenvalue weighted by molar-refractivity contribution is -0.143. The van der Waals surface area contributed by atoms with Crippen LogP contribution >= 0.6 is 0 Å². The van der Waals surface area contributed by atoms with Gasteiger partial charge in [0.15, 0.2) is 0 Å². The van der Waals surface area contributed by atoms with Crippen molar-refractivity contribution >= 4 is 16.9 Å². The lowest BCUT2D eigenvalue weighted by Crippen LogP contribution is -2.23. The molecule has 0 atom stereocenters. The number of nitrogens with zero attached hydrogens (tertiary/aromatic N) is 2. The highest BCUT2D eigenvalue weighted by molar-refractivity contribution is 5.77. The summed E-state index contributed by atoms with van der Waals surface area (Å²) in [4.78, 5) is 10.9. The van der Waals surface area contributed by atoms with E-state index in [1.54, 1.807) is 6.07 Å². The molecular weight excluding hydrogens is 259 g/mol. The summed E-state index contributed by atoms with van der Waals surface area (Å²) >= 11 is 0. The quantitative estimate of drug-likeness (QED) is 0.937. The van der Waals surface area contributed by atoms with Crippen LogP contribution in [0, 0.1) is 17.7 Å². The smallest absolute Gasteiger partial charge is 0.306 e. The first-order valence-corrected chi connectivity index (χ1v) is 6.97. The Balaban J connectivity index is 1.66. The van der Waals surface area contributed by atoms with Crippen LogP contribution < -0.4 is 0 Å². The minimum Gasteiger partial charge on any atom is -0.481 e. The van der Waals surface area contributed by atoms with Gasteiger partial charge in [-0.15, -0.1) is 0 Å². The van der Waals surface area contributed by atoms with Crippen LogP contribution in [0.1, 0.15) is 25.7 Å². The maximum absolute atomic E-state index is 13.1. The fourth-order valence-corrected chi connectivity index (χ4v) is 3.00. The van der Waals surface area contributed by atoms with Gasteiger partial charge < -0.3 is 5.11 Å². The molecule has 0 aliphatic heterocycles. The molecule has 1 heterocycles. The molecule has 0 bridgehead atoms. The average molecular weight is 276 g/mol. The van der Waals surface area contributed by atoms with E-state index in [2.05, 4.69) is 5.10 Å². The number of aromatic nitrogens is 2. The SMILES string of the molecule is O=C(O)[C@H]1CC[C@H](Cn2cc3cc(F)ccc3n2)CC1. The summed E-state index contributed by atoms with van der Waals surface area (Å²) in [6, 6.07) is 4.58. The number of rotatable bonds is 3. The van der Waals surface area contributed by atoms with Crippen LogP contribution in [0.15, 0.2) is 24.4 Å². The predicted molar refractivity (Wildman–Crippen MR) is 72.8 cm³/mol. The van der Waals surface area contributed by atoms with Gasteiger partial charge in [0.2, 0.25) is 0 Å². The number of aliphatic carboxylic acids is 1. The van der Waals surface area contributed by atoms with Gasteiger partial charge in [0, 0.05) is 18.1 Å². The second-order valence-corrected chi connectivity index (χ2v) is 5.61. The lowest BCUT2D eigenvalue weighted by Gasteiger charge is -2.25. The molecule has 5 heteroatoms. The monoisotopic (exact) mass is 276 g/mol. The van der Waals surface area contributed by atoms with Crippen molar-refractivity contribution in [3.8, 4) is 0 Å². The maximum Gasteiger partial charge on any atom is 0.306 e. The molecule has 0 saturated heterocycles. The van der Waals surface area contributed by atoms with Crippen molar-refractivity contribution in [1.29, 1.82) is 0 Å². The number of halogens is 1. The van der Waals surface area contributed by atoms with Crippen molar-refractivity contribution in [2.45, 2.75) is 32.2 Å². The average Bonchev–Trinajstić information content (AvgIpc) is 2.80. The Morgan fingerprint density at radius 3 is 2.80 bits per heavy atom. The van der Waals surface area contributed by atoms with Gasteiger partial charge in [0.05, 0.1) is 11.4 Å². The number of carbonyl (C=O) groups is 1. The van der Waals surface area contributed by atoms with E-state index in [1.807, 2.05) is 10.9 Å². The highest BCUT2D eigenvalue weighted by atomic mass is 19.1. The molecular formula is C15H17FN2O2. The number of benzene rings is 1. The van der Waals surface area contributed by atoms with E-state index in [0.29, 0.717) is 5.92 Å². The maximum atomic E-state index is 13.1. The number of hydrogen-bond donors (Lipinski definition) is 1. The van der Waals surface area contributed by atoms with Crippen molar-refractivity contribution in [2.75, 3.05) is 0 Å². The Morgan fingerprint density at radius 1 is 1.35 bits per heavy atom. The normalized spacial score (nSPS) is 23.1. The van der Waals surface area contributed by atoms with Crippen molar-refractivity contribution in [3.63, 3.8) is 0 Å². The fourth-order valence-electron chi connectivity index (χ4n) is 3.00. The summed E-state index contributed by atoms with van der Waals surface area (Å²) in [6.45, 7) is 0.780. The fraction of sp³-hybridized carbons (Fsp3) is 0.467. The Labute approximate surface area is 116 Å². The highest BCUT2D eigenvalue weighted by Gasteiger charge is 2.26. The van der Waals surface area contributed by atoms with E-state index in [4.69, 9.17) is 5.11 Å². The first-order chi connectivity index (χ1) is 9.61. The minimum absolute atomic E-state index is 0.183. The number of hydrogen-bond acceptors (Lipinski definition) is 2. The van der Waals surface area contributed by atoms with Crippen LogP contribution in [-0.2, 0) is 11.3 Å². The van der Waals surface area contributed by atoms with Gasteiger partial charge in [0.1, 0.15) is 5.82 Å². The largest absolute Gasteiger partial charge is 0.481 e. The second-order valence-electron chi connectivity index (χ2n) is 5.61. The first-order valence-electron chi connectivity index (χ1n) is 6.97. The highest BCUT2D eigenvalue weighted by Crippen LogP contribution is 2.30. The first kappa shape index (κ1) is 13.1. The van der Waals surface area contributed by atoms with Crippen LogP contribution in [-0.4, -0.2) is 20.9 Å². The minimum atomic E-state index is -0.677. The van der Waals surface area contributed by atoms with Crippen molar-refractivity contribution in [3.05, 3.63) is 30.2 Å². The van der Waals surface area contributed by atoms with Crippen LogP contribution in [0.2, 0.25) is 0 Å². The molecule has 0 amide bonds. The second kappa shape index (κ2) is 5.23. The molecule has 2 aromatic rings. The van der Waals surface area contributed by atoms with E-state index in [-0.39, 0.29) is 11.7 Å². The summed E-state index contributed by atoms with van der Waals surface area (Å²) in [5.74, 6) is -0.649. The zero-order valence-electron chi connectivity index (χ0n) is 11.1. The molecule has 3 rings (SSSR count). The molecule has 1 aliphatic rings. The third kappa shape index (κ3) is 2.66. The van der Waals surface area contributed by atoms with Crippen molar-refractivity contribution in [1.82, 2.24) is 9.78 Å². The van der Waals surface area contributed by atoms with Crippen LogP contribution in [0.3, 0.4) is 0 Å². The zero-order chi connectivity index (χ0) is 14.1. The Bertz CT molecular complexity index is 630. The summed E-state index contributed by atoms with van der Waals surface area (Å²) in [5, 5.41) is 14.2. The molecule has 0 unspecified atom stereocenters. The summed E-state index contributed by atoms with van der Waals surface area (Å²) < 4.78 is 15.0. The standard InChI is InChI=1S/C15H17FN2O2/c16-13-5-6-14-12(7-13)9-18(17-14)8-10-1-3-11(4-2-10)15(19)20/h5-7,9-11H,1-4,8H2,(H,19,20)/t10-,11-. The van der Waals surface area contributed by atoms with Gasteiger partial charge in [-0.1, -0.05) is 0 Å². The Hall–Kier alpha value is -1.91. The molecule has 1 aliphatic carbocycles. The summed E-state index contributed by atoms with van der Waals surface area (Å²) in [6.07, 6.45) is 5.19. The van der Waals surface area contributed by atoms with Crippen LogP contribution in [0.25, 0.3) is 10.9 Å². The van der Waals surface area contributed by atoms with Gasteiger partial charge >= 0.3 is 5.97 Å². The molecule has 4 nitrogen and oxygen atoms in total. The molecule has 1 aromatic heterocycles. The number of carboxylic acid groups (broad SMARTS) is 1. The zero-order valence-corrected chi connectivity index (χ0v) is 11.1. The topological polar surface area (TPSA) is 55.1 Å². The number of fused-ring (bicyclic) bond motifs is 1. The van der Waals surface area contributed by atoms with E-state index >= 15 is 0 Å². The van der Waals surface area contributed by atoms with Crippen LogP contribution in [0.5, 0.6) is 0 Å². The molecule has 0 spiro atoms. The molecule has 0 radical (unpaired) electrons. The molecule has 20 heavy (non-hydrogen) atoms. The summed E-state index contributed by atoms with van der Waals surface area (Å²) in [7, 11) is 0. The van der Waals surface area contributed by atoms with Gasteiger partial charge in [-0.25, -0.2) is 4.39 Å². The van der Waals surface area contributed by atoms with Crippen molar-refractivity contribution in [2.24, 2.45) is 11.8 Å². The van der Waals surface area contributed by atoms with Gasteiger partial charge in [-0.2, -0.15) is 5.10 Å². The van der Waals surface area contributed by atoms with E-state index in [1.165, 1.54) is 12.1 Å². The van der Waals surface area contributed by atoms with Crippen LogP contribution in [0.4, 0.5) is 4.39 Å². The van der Waals surface area contributed by atoms with Gasteiger partial charge in [-0.05, 0) is 49.8 Å². The molecule has 1 aromatic carbocycles. The predicted octanol–water partition coefficient (Wildman–Crippen LogP) is 3.07. The molecule has 1 saturated carbocycles. The van der Waals surface area contributed by atoms with Crippen molar-refractivity contribution < 1.29 is 14.3 Å². The molecule has 106 valence electrons. The molecule has 1 N–H and O–H groups in total. The number of carboxylic acids is 1. The van der Waals surface area contributed by atoms with E-state index in [9.17, 15) is 9.18 Å². The van der Waals surface area contributed by atoms with E-state index in [0.717, 1.165) is 43.1 Å². The van der Waals surface area contributed by atoms with Gasteiger partial charge in [0.25, 0.3) is 0 Å². The lowest BCUT2D eigenvalue weighted by atomic mass is 9.82. The summed E-state index contributed by atoms with van der Waals surface area (Å²) in [5.41, 5.74) is 0.797. The Kier molecular flexibility index (Phi) is 3.42.